The van der Waals surface area contributed by atoms with Crippen LogP contribution in [0.1, 0.15) is 13.8 Å². The summed E-state index contributed by atoms with van der Waals surface area (Å²) >= 11 is 3.63. The van der Waals surface area contributed by atoms with Gasteiger partial charge in [0.25, 0.3) is 5.91 Å². The Morgan fingerprint density at radius 1 is 1.48 bits per heavy atom. The summed E-state index contributed by atoms with van der Waals surface area (Å²) in [4.78, 5) is 16.3. The minimum Gasteiger partial charge on any atom is -0.483 e. The first kappa shape index (κ1) is 16.7. The number of rotatable bonds is 3. The minimum atomic E-state index is -0.318. The van der Waals surface area contributed by atoms with Gasteiger partial charge in [0.05, 0.1) is 11.4 Å². The fourth-order valence-electron chi connectivity index (χ4n) is 3.86. The highest BCUT2D eigenvalue weighted by molar-refractivity contribution is 9.10. The molecule has 1 amide bonds. The van der Waals surface area contributed by atoms with Crippen molar-refractivity contribution >= 4 is 39.0 Å². The fraction of sp³-hybridized carbons (Fsp3) is 0.529. The molecule has 0 saturated carbocycles. The summed E-state index contributed by atoms with van der Waals surface area (Å²) in [6, 6.07) is 3.68. The maximum Gasteiger partial charge on any atom is 0.262 e. The number of amides is 1. The first-order valence-corrected chi connectivity index (χ1v) is 9.20. The molecule has 0 radical (unpaired) electrons. The zero-order valence-electron chi connectivity index (χ0n) is 14.6. The molecule has 2 N–H and O–H groups in total. The number of hydrogen-bond donors (Lipinski definition) is 2. The fourth-order valence-corrected chi connectivity index (χ4v) is 4.32. The maximum absolute atomic E-state index is 12.0. The van der Waals surface area contributed by atoms with Crippen molar-refractivity contribution in [2.75, 3.05) is 43.5 Å². The molecule has 0 aromatic heterocycles. The van der Waals surface area contributed by atoms with E-state index in [4.69, 9.17) is 4.74 Å². The van der Waals surface area contributed by atoms with Crippen LogP contribution in [0.2, 0.25) is 0 Å². The Balaban J connectivity index is 1.62. The van der Waals surface area contributed by atoms with Crippen molar-refractivity contribution in [2.45, 2.75) is 19.9 Å². The van der Waals surface area contributed by atoms with Crippen molar-refractivity contribution in [1.82, 2.24) is 10.3 Å². The number of hydrogen-bond acceptors (Lipinski definition) is 6. The summed E-state index contributed by atoms with van der Waals surface area (Å²) in [5.74, 6) is 1.37. The van der Waals surface area contributed by atoms with Crippen molar-refractivity contribution < 1.29 is 9.53 Å². The lowest BCUT2D eigenvalue weighted by atomic mass is 9.82. The van der Waals surface area contributed by atoms with Gasteiger partial charge in [-0.1, -0.05) is 6.92 Å². The molecule has 3 heterocycles. The van der Waals surface area contributed by atoms with Crippen LogP contribution in [0, 0.1) is 5.41 Å². The number of amidine groups is 1. The van der Waals surface area contributed by atoms with Crippen molar-refractivity contribution in [1.29, 1.82) is 0 Å². The van der Waals surface area contributed by atoms with Crippen molar-refractivity contribution in [3.63, 3.8) is 0 Å². The monoisotopic (exact) mass is 407 g/mol. The van der Waals surface area contributed by atoms with E-state index in [0.717, 1.165) is 47.1 Å². The van der Waals surface area contributed by atoms with Crippen molar-refractivity contribution in [2.24, 2.45) is 10.5 Å². The largest absolute Gasteiger partial charge is 0.483 e. The molecular weight excluding hydrogens is 386 g/mol. The maximum atomic E-state index is 12.0. The number of fused-ring (bicyclic) bond motifs is 3. The third kappa shape index (κ3) is 2.87. The molecule has 1 aromatic carbocycles. The summed E-state index contributed by atoms with van der Waals surface area (Å²) in [5.41, 5.74) is 4.70. The second-order valence-corrected chi connectivity index (χ2v) is 8.33. The molecule has 7 nitrogen and oxygen atoms in total. The molecule has 0 spiro atoms. The van der Waals surface area contributed by atoms with Gasteiger partial charge in [0.15, 0.2) is 5.84 Å². The van der Waals surface area contributed by atoms with Crippen LogP contribution in [0.3, 0.4) is 0 Å². The molecule has 1 saturated heterocycles. The van der Waals surface area contributed by atoms with Gasteiger partial charge < -0.3 is 19.9 Å². The van der Waals surface area contributed by atoms with E-state index < -0.39 is 0 Å². The zero-order valence-corrected chi connectivity index (χ0v) is 16.2. The predicted octanol–water partition coefficient (Wildman–Crippen LogP) is 1.84. The molecule has 1 unspecified atom stereocenters. The third-order valence-electron chi connectivity index (χ3n) is 5.01. The smallest absolute Gasteiger partial charge is 0.262 e. The van der Waals surface area contributed by atoms with Gasteiger partial charge in [0.2, 0.25) is 0 Å². The lowest BCUT2D eigenvalue weighted by Gasteiger charge is -2.46. The number of hydrazone groups is 1. The van der Waals surface area contributed by atoms with Gasteiger partial charge >= 0.3 is 0 Å². The number of likely N-dealkylation sites (tertiary alicyclic amines) is 1. The lowest BCUT2D eigenvalue weighted by Crippen LogP contribution is -2.56. The van der Waals surface area contributed by atoms with Gasteiger partial charge in [-0.2, -0.15) is 5.10 Å². The highest BCUT2D eigenvalue weighted by Crippen LogP contribution is 2.41. The number of anilines is 2. The molecule has 134 valence electrons. The van der Waals surface area contributed by atoms with E-state index in [1.54, 1.807) is 0 Å². The average Bonchev–Trinajstić information content (AvgIpc) is 2.54. The normalized spacial score (nSPS) is 24.3. The topological polar surface area (TPSA) is 69.2 Å². The number of carbonyl (C=O) groups is 1. The van der Waals surface area contributed by atoms with E-state index in [1.165, 1.54) is 0 Å². The molecule has 1 fully saturated rings. The molecule has 3 aliphatic heterocycles. The van der Waals surface area contributed by atoms with Crippen LogP contribution < -0.4 is 20.4 Å². The Bertz CT molecular complexity index is 760. The predicted molar refractivity (Wildman–Crippen MR) is 101 cm³/mol. The summed E-state index contributed by atoms with van der Waals surface area (Å²) in [5, 5.41) is 7.68. The number of halogens is 1. The molecular formula is C17H22BrN5O2. The van der Waals surface area contributed by atoms with Gasteiger partial charge in [-0.25, -0.2) is 5.43 Å². The van der Waals surface area contributed by atoms with E-state index in [1.807, 2.05) is 24.0 Å². The van der Waals surface area contributed by atoms with Crippen molar-refractivity contribution in [3.05, 3.63) is 16.6 Å². The SMILES string of the molecule is CC1C(=O)NN=C2COc3cc(Br)c(NCC4(C)CN(C)C4)cc3N21. The number of carbonyl (C=O) groups excluding carboxylic acids is 1. The Kier molecular flexibility index (Phi) is 3.92. The first-order chi connectivity index (χ1) is 11.9. The van der Waals surface area contributed by atoms with E-state index in [0.29, 0.717) is 6.61 Å². The summed E-state index contributed by atoms with van der Waals surface area (Å²) in [6.45, 7) is 7.59. The summed E-state index contributed by atoms with van der Waals surface area (Å²) in [7, 11) is 2.14. The van der Waals surface area contributed by atoms with Gasteiger partial charge in [-0.3, -0.25) is 4.79 Å². The highest BCUT2D eigenvalue weighted by Gasteiger charge is 2.37. The second-order valence-electron chi connectivity index (χ2n) is 7.48. The van der Waals surface area contributed by atoms with Crippen molar-refractivity contribution in [3.8, 4) is 5.75 Å². The number of nitrogens with one attached hydrogen (secondary N) is 2. The standard InChI is InChI=1S/C17H22BrN5O2/c1-10-16(24)21-20-15-6-25-14-4-11(18)12(5-13(14)23(10)15)19-7-17(2)8-22(3)9-17/h4-5,10,19H,6-9H2,1-3H3,(H,21,24). The number of nitrogens with zero attached hydrogens (tertiary/aromatic N) is 3. The molecule has 3 aliphatic rings. The van der Waals surface area contributed by atoms with Crippen LogP contribution in [0.25, 0.3) is 0 Å². The van der Waals surface area contributed by atoms with E-state index in [-0.39, 0.29) is 17.4 Å². The quantitative estimate of drug-likeness (QED) is 0.799. The number of benzene rings is 1. The molecule has 0 bridgehead atoms. The van der Waals surface area contributed by atoms with Gasteiger partial charge in [-0.15, -0.1) is 0 Å². The molecule has 4 rings (SSSR count). The van der Waals surface area contributed by atoms with Crippen LogP contribution >= 0.6 is 15.9 Å². The first-order valence-electron chi connectivity index (χ1n) is 8.41. The van der Waals surface area contributed by atoms with E-state index >= 15 is 0 Å². The van der Waals surface area contributed by atoms with Crippen LogP contribution in [0.4, 0.5) is 11.4 Å². The average molecular weight is 408 g/mol. The van der Waals surface area contributed by atoms with Gasteiger partial charge in [0, 0.05) is 29.5 Å². The molecule has 25 heavy (non-hydrogen) atoms. The summed E-state index contributed by atoms with van der Waals surface area (Å²) in [6.07, 6.45) is 0. The van der Waals surface area contributed by atoms with Crippen LogP contribution in [-0.2, 0) is 4.79 Å². The zero-order chi connectivity index (χ0) is 17.8. The Morgan fingerprint density at radius 3 is 2.96 bits per heavy atom. The highest BCUT2D eigenvalue weighted by atomic mass is 79.9. The Morgan fingerprint density at radius 2 is 2.24 bits per heavy atom. The van der Waals surface area contributed by atoms with E-state index in [2.05, 4.69) is 50.6 Å². The van der Waals surface area contributed by atoms with Gasteiger partial charge in [-0.05, 0) is 42.0 Å². The van der Waals surface area contributed by atoms with Gasteiger partial charge in [0.1, 0.15) is 18.4 Å². The summed E-state index contributed by atoms with van der Waals surface area (Å²) < 4.78 is 6.77. The number of ether oxygens (including phenoxy) is 1. The molecule has 0 aliphatic carbocycles. The van der Waals surface area contributed by atoms with Crippen LogP contribution in [0.15, 0.2) is 21.7 Å². The molecule has 1 atom stereocenters. The second kappa shape index (κ2) is 5.88. The lowest BCUT2D eigenvalue weighted by molar-refractivity contribution is -0.122. The Hall–Kier alpha value is -1.80. The molecule has 1 aromatic rings. The third-order valence-corrected chi connectivity index (χ3v) is 5.67. The van der Waals surface area contributed by atoms with E-state index in [9.17, 15) is 4.79 Å². The minimum absolute atomic E-state index is 0.112. The molecule has 8 heteroatoms. The van der Waals surface area contributed by atoms with Crippen LogP contribution in [0.5, 0.6) is 5.75 Å². The van der Waals surface area contributed by atoms with Crippen LogP contribution in [-0.4, -0.2) is 56.0 Å². The Labute approximate surface area is 155 Å².